The molecule has 0 unspecified atom stereocenters. The average molecular weight is 843 g/mol. The lowest BCUT2D eigenvalue weighted by Gasteiger charge is -2.39. The van der Waals surface area contributed by atoms with E-state index in [9.17, 15) is 15.0 Å². The number of carbonyl (C=O) groups is 1. The zero-order chi connectivity index (χ0) is 45.2. The zero-order valence-electron chi connectivity index (χ0n) is 41.7. The number of phenols is 2. The molecule has 0 saturated heterocycles. The van der Waals surface area contributed by atoms with Crippen LogP contribution in [0, 0.1) is 63.2 Å². The number of aromatic hydroxyl groups is 2. The number of Topliss-reactive ketones (excluding diaryl/α,β-unsaturated/α-hetero) is 1. The van der Waals surface area contributed by atoms with Gasteiger partial charge in [0.2, 0.25) is 0 Å². The van der Waals surface area contributed by atoms with Gasteiger partial charge in [-0.3, -0.25) is 4.79 Å². The van der Waals surface area contributed by atoms with Crippen LogP contribution < -0.4 is 9.47 Å². The van der Waals surface area contributed by atoms with Gasteiger partial charge in [-0.15, -0.1) is 0 Å². The van der Waals surface area contributed by atoms with Crippen LogP contribution in [0.15, 0.2) is 6.08 Å². The zero-order valence-corrected chi connectivity index (χ0v) is 41.7. The molecule has 5 nitrogen and oxygen atoms in total. The third-order valence-corrected chi connectivity index (χ3v) is 14.8. The van der Waals surface area contributed by atoms with Crippen LogP contribution in [0.1, 0.15) is 229 Å². The van der Waals surface area contributed by atoms with Crippen molar-refractivity contribution >= 4 is 11.9 Å². The van der Waals surface area contributed by atoms with E-state index in [-0.39, 0.29) is 23.7 Å². The van der Waals surface area contributed by atoms with E-state index in [1.807, 2.05) is 27.7 Å². The number of hydrogen-bond donors (Lipinski definition) is 2. The molecule has 0 spiro atoms. The van der Waals surface area contributed by atoms with Crippen LogP contribution in [0.2, 0.25) is 0 Å². The van der Waals surface area contributed by atoms with Crippen molar-refractivity contribution in [1.82, 2.24) is 0 Å². The minimum Gasteiger partial charge on any atom is -0.507 e. The lowest BCUT2D eigenvalue weighted by Crippen LogP contribution is -2.40. The molecule has 0 radical (unpaired) electrons. The van der Waals surface area contributed by atoms with Gasteiger partial charge in [-0.1, -0.05) is 151 Å². The number of rotatable bonds is 25. The third-order valence-electron chi connectivity index (χ3n) is 14.8. The van der Waals surface area contributed by atoms with Crippen LogP contribution in [-0.4, -0.2) is 27.2 Å². The van der Waals surface area contributed by atoms with E-state index in [4.69, 9.17) is 9.47 Å². The Morgan fingerprint density at radius 1 is 0.525 bits per heavy atom. The summed E-state index contributed by atoms with van der Waals surface area (Å²) in [7, 11) is 0. The molecule has 0 aromatic heterocycles. The maximum atomic E-state index is 14.2. The minimum atomic E-state index is -0.692. The summed E-state index contributed by atoms with van der Waals surface area (Å²) in [5, 5.41) is 23.6. The maximum absolute atomic E-state index is 14.2. The first-order valence-corrected chi connectivity index (χ1v) is 25.0. The fourth-order valence-corrected chi connectivity index (χ4v) is 10.3. The lowest BCUT2D eigenvalue weighted by molar-refractivity contribution is 0.0448. The quantitative estimate of drug-likeness (QED) is 0.104. The van der Waals surface area contributed by atoms with Gasteiger partial charge in [0.25, 0.3) is 0 Å². The minimum absolute atomic E-state index is 0.0146. The lowest BCUT2D eigenvalue weighted by atomic mass is 9.80. The second-order valence-electron chi connectivity index (χ2n) is 22.0. The second-order valence-corrected chi connectivity index (χ2v) is 22.0. The highest BCUT2D eigenvalue weighted by molar-refractivity contribution is 6.06. The summed E-state index contributed by atoms with van der Waals surface area (Å²) >= 11 is 0. The summed E-state index contributed by atoms with van der Waals surface area (Å²) in [4.78, 5) is 14.2. The summed E-state index contributed by atoms with van der Waals surface area (Å²) in [6.07, 6.45) is 26.3. The molecule has 2 heterocycles. The number of carbonyl (C=O) groups excluding carboxylic acids is 1. The molecule has 344 valence electrons. The van der Waals surface area contributed by atoms with Crippen molar-refractivity contribution < 1.29 is 24.5 Å². The molecule has 0 aliphatic carbocycles. The van der Waals surface area contributed by atoms with Crippen molar-refractivity contribution in [3.05, 3.63) is 39.5 Å². The van der Waals surface area contributed by atoms with E-state index in [0.717, 1.165) is 78.2 Å². The predicted molar refractivity (Wildman–Crippen MR) is 260 cm³/mol. The number of ether oxygens (including phenoxy) is 2. The number of ketones is 1. The summed E-state index contributed by atoms with van der Waals surface area (Å²) in [6, 6.07) is 0. The van der Waals surface area contributed by atoms with Gasteiger partial charge in [-0.25, -0.2) is 0 Å². The van der Waals surface area contributed by atoms with Crippen molar-refractivity contribution in [2.75, 3.05) is 0 Å². The van der Waals surface area contributed by atoms with Gasteiger partial charge < -0.3 is 19.7 Å². The second kappa shape index (κ2) is 22.6. The number of benzene rings is 2. The number of fused-ring (bicyclic) bond motifs is 2. The van der Waals surface area contributed by atoms with Gasteiger partial charge in [-0.05, 0) is 120 Å². The third kappa shape index (κ3) is 13.8. The molecule has 2 aliphatic rings. The van der Waals surface area contributed by atoms with E-state index in [1.54, 1.807) is 0 Å². The molecule has 2 aliphatic heterocycles. The Hall–Kier alpha value is -2.95. The fourth-order valence-electron chi connectivity index (χ4n) is 10.3. The van der Waals surface area contributed by atoms with E-state index >= 15 is 0 Å². The Balaban J connectivity index is 1.48. The van der Waals surface area contributed by atoms with E-state index in [1.165, 1.54) is 83.5 Å². The molecule has 0 amide bonds. The SMILES string of the molecule is Cc1c(C)c2c(c(-c3c(C)c(O)c(C)c4c3O[C@](C)(CCC[C@H](C)CCC[C@H](C)CCCC(C)C)CC4=O)c1O)C=C[C@@](C)(CCC[C@H](C)CCC[C@H](C)CCCC(C)C)O2. The van der Waals surface area contributed by atoms with Gasteiger partial charge in [-0.2, -0.15) is 0 Å². The Bertz CT molecular complexity index is 1780. The molecule has 0 saturated carbocycles. The van der Waals surface area contributed by atoms with Crippen molar-refractivity contribution in [1.29, 1.82) is 0 Å². The van der Waals surface area contributed by atoms with Gasteiger partial charge in [0.15, 0.2) is 5.78 Å². The van der Waals surface area contributed by atoms with Crippen LogP contribution in [0.4, 0.5) is 0 Å². The topological polar surface area (TPSA) is 76.0 Å². The Kier molecular flexibility index (Phi) is 18.8. The average Bonchev–Trinajstić information content (AvgIpc) is 3.17. The fraction of sp³-hybridized carbons (Fsp3) is 0.732. The molecule has 2 aromatic rings. The first-order chi connectivity index (χ1) is 28.7. The molecule has 0 bridgehead atoms. The van der Waals surface area contributed by atoms with E-state index in [2.05, 4.69) is 81.4 Å². The highest BCUT2D eigenvalue weighted by Crippen LogP contribution is 2.55. The molecule has 2 aromatic carbocycles. The smallest absolute Gasteiger partial charge is 0.171 e. The van der Waals surface area contributed by atoms with Gasteiger partial charge in [0.1, 0.15) is 34.2 Å². The van der Waals surface area contributed by atoms with Gasteiger partial charge >= 0.3 is 0 Å². The molecule has 2 N–H and O–H groups in total. The standard InChI is InChI=1S/C56H90O5/c1-36(2)21-15-23-38(5)25-17-27-40(7)29-19-32-55(13)34-31-46-50(52(59)42(9)43(10)53(46)60-55)49-45(12)51(58)44(11)48-47(57)35-56(14,61-54(48)49)33-20-30-41(8)28-18-26-39(6)24-16-22-37(3)4/h31,34,36-41,58-59H,15-30,32-33,35H2,1-14H3/t38-,39-,40-,41-,55-,56-/m1/s1. The first-order valence-electron chi connectivity index (χ1n) is 25.0. The summed E-state index contributed by atoms with van der Waals surface area (Å²) < 4.78 is 14.0. The van der Waals surface area contributed by atoms with Gasteiger partial charge in [0, 0.05) is 27.8 Å². The Morgan fingerprint density at radius 2 is 0.967 bits per heavy atom. The van der Waals surface area contributed by atoms with Crippen LogP contribution in [0.5, 0.6) is 23.0 Å². The molecule has 6 atom stereocenters. The van der Waals surface area contributed by atoms with E-state index < -0.39 is 11.2 Å². The molecular formula is C56H90O5. The first kappa shape index (κ1) is 50.7. The van der Waals surface area contributed by atoms with Gasteiger partial charge in [0.05, 0.1) is 12.0 Å². The van der Waals surface area contributed by atoms with Crippen molar-refractivity contribution in [2.24, 2.45) is 35.5 Å². The highest BCUT2D eigenvalue weighted by atomic mass is 16.5. The molecule has 0 fully saturated rings. The Labute approximate surface area is 374 Å². The Morgan fingerprint density at radius 3 is 1.46 bits per heavy atom. The van der Waals surface area contributed by atoms with Crippen molar-refractivity contribution in [3.8, 4) is 34.1 Å². The normalized spacial score (nSPS) is 20.6. The van der Waals surface area contributed by atoms with Crippen LogP contribution in [-0.2, 0) is 0 Å². The molecule has 61 heavy (non-hydrogen) atoms. The van der Waals surface area contributed by atoms with E-state index in [0.29, 0.717) is 45.4 Å². The maximum Gasteiger partial charge on any atom is 0.171 e. The highest BCUT2D eigenvalue weighted by Gasteiger charge is 2.42. The largest absolute Gasteiger partial charge is 0.507 e. The van der Waals surface area contributed by atoms with Crippen LogP contribution in [0.25, 0.3) is 17.2 Å². The number of hydrogen-bond acceptors (Lipinski definition) is 5. The van der Waals surface area contributed by atoms with Crippen molar-refractivity contribution in [2.45, 2.75) is 230 Å². The summed E-state index contributed by atoms with van der Waals surface area (Å²) in [6.45, 7) is 30.8. The molecule has 4 rings (SSSR count). The van der Waals surface area contributed by atoms with Crippen LogP contribution in [0.3, 0.4) is 0 Å². The number of phenolic OH excluding ortho intramolecular Hbond substituents is 2. The predicted octanol–water partition coefficient (Wildman–Crippen LogP) is 16.8. The molecular weight excluding hydrogens is 753 g/mol. The van der Waals surface area contributed by atoms with Crippen LogP contribution >= 0.6 is 0 Å². The monoisotopic (exact) mass is 843 g/mol. The molecule has 5 heteroatoms. The summed E-state index contributed by atoms with van der Waals surface area (Å²) in [5.41, 5.74) is 3.95. The van der Waals surface area contributed by atoms with Crippen molar-refractivity contribution in [3.63, 3.8) is 0 Å². The summed E-state index contributed by atoms with van der Waals surface area (Å²) in [5.74, 6) is 5.93.